The standard InChI is InChI=1S/C22H18FNO4S/c1-3-28-22(27)18-19(25)17(12-14-6-10-16(23)11-7-14)29-21(18)24-20(26)15-8-4-13(2)5-9-15/h4-12,25H,3H2,1-2H3/b17-12-,24-21?. The van der Waals surface area contributed by atoms with E-state index in [1.54, 1.807) is 37.3 Å². The van der Waals surface area contributed by atoms with Gasteiger partial charge >= 0.3 is 5.97 Å². The molecule has 2 aromatic rings. The third-order valence-corrected chi connectivity index (χ3v) is 5.06. The van der Waals surface area contributed by atoms with Crippen LogP contribution in [-0.2, 0) is 9.53 Å². The van der Waals surface area contributed by atoms with Crippen LogP contribution in [0.15, 0.2) is 69.8 Å². The van der Waals surface area contributed by atoms with Crippen LogP contribution in [0.25, 0.3) is 6.08 Å². The summed E-state index contributed by atoms with van der Waals surface area (Å²) in [5.41, 5.74) is 1.82. The Kier molecular flexibility index (Phi) is 6.29. The Bertz CT molecular complexity index is 1040. The van der Waals surface area contributed by atoms with Crippen LogP contribution in [0.2, 0.25) is 0 Å². The molecule has 0 aliphatic carbocycles. The molecule has 0 saturated heterocycles. The quantitative estimate of drug-likeness (QED) is 0.729. The highest BCUT2D eigenvalue weighted by molar-refractivity contribution is 8.18. The first-order valence-corrected chi connectivity index (χ1v) is 9.66. The fourth-order valence-electron chi connectivity index (χ4n) is 2.56. The molecule has 1 aliphatic heterocycles. The van der Waals surface area contributed by atoms with Crippen molar-refractivity contribution < 1.29 is 23.8 Å². The van der Waals surface area contributed by atoms with Crippen LogP contribution in [0.4, 0.5) is 4.39 Å². The van der Waals surface area contributed by atoms with Crippen molar-refractivity contribution in [2.24, 2.45) is 4.99 Å². The number of thioether (sulfide) groups is 1. The normalized spacial score (nSPS) is 16.5. The van der Waals surface area contributed by atoms with Crippen molar-refractivity contribution in [3.63, 3.8) is 0 Å². The molecule has 0 radical (unpaired) electrons. The van der Waals surface area contributed by atoms with Crippen LogP contribution >= 0.6 is 11.8 Å². The molecule has 1 amide bonds. The number of hydrogen-bond donors (Lipinski definition) is 1. The van der Waals surface area contributed by atoms with Gasteiger partial charge in [0, 0.05) is 5.56 Å². The van der Waals surface area contributed by atoms with Crippen LogP contribution in [-0.4, -0.2) is 28.6 Å². The molecule has 0 aromatic heterocycles. The van der Waals surface area contributed by atoms with E-state index in [1.165, 1.54) is 24.3 Å². The van der Waals surface area contributed by atoms with E-state index in [9.17, 15) is 19.1 Å². The van der Waals surface area contributed by atoms with Crippen LogP contribution in [0.3, 0.4) is 0 Å². The molecule has 0 bridgehead atoms. The number of aryl methyl sites for hydroxylation is 1. The molecule has 1 heterocycles. The Morgan fingerprint density at radius 3 is 2.41 bits per heavy atom. The van der Waals surface area contributed by atoms with E-state index in [1.807, 2.05) is 6.92 Å². The maximum Gasteiger partial charge on any atom is 0.344 e. The second-order valence-electron chi connectivity index (χ2n) is 6.19. The molecule has 1 N–H and O–H groups in total. The number of esters is 1. The summed E-state index contributed by atoms with van der Waals surface area (Å²) in [6, 6.07) is 12.5. The first kappa shape index (κ1) is 20.5. The fourth-order valence-corrected chi connectivity index (χ4v) is 3.57. The molecule has 29 heavy (non-hydrogen) atoms. The van der Waals surface area contributed by atoms with E-state index in [4.69, 9.17) is 4.74 Å². The summed E-state index contributed by atoms with van der Waals surface area (Å²) in [4.78, 5) is 29.2. The van der Waals surface area contributed by atoms with Gasteiger partial charge in [-0.3, -0.25) is 4.79 Å². The Morgan fingerprint density at radius 2 is 1.79 bits per heavy atom. The fraction of sp³-hybridized carbons (Fsp3) is 0.136. The average molecular weight is 411 g/mol. The van der Waals surface area contributed by atoms with Gasteiger partial charge in [-0.15, -0.1) is 0 Å². The second-order valence-corrected chi connectivity index (χ2v) is 7.23. The van der Waals surface area contributed by atoms with Crippen molar-refractivity contribution in [1.82, 2.24) is 0 Å². The average Bonchev–Trinajstić information content (AvgIpc) is 2.99. The molecule has 5 nitrogen and oxygen atoms in total. The number of carbonyl (C=O) groups is 2. The number of carbonyl (C=O) groups excluding carboxylic acids is 2. The summed E-state index contributed by atoms with van der Waals surface area (Å²) < 4.78 is 18.1. The molecule has 3 rings (SSSR count). The molecular weight excluding hydrogens is 393 g/mol. The first-order chi connectivity index (χ1) is 13.9. The van der Waals surface area contributed by atoms with Crippen molar-refractivity contribution in [1.29, 1.82) is 0 Å². The van der Waals surface area contributed by atoms with Gasteiger partial charge in [-0.25, -0.2) is 14.2 Å². The zero-order valence-corrected chi connectivity index (χ0v) is 16.6. The van der Waals surface area contributed by atoms with Crippen molar-refractivity contribution in [3.05, 3.63) is 87.3 Å². The Morgan fingerprint density at radius 1 is 1.14 bits per heavy atom. The smallest absolute Gasteiger partial charge is 0.344 e. The minimum Gasteiger partial charge on any atom is -0.506 e. The molecule has 0 fully saturated rings. The zero-order valence-electron chi connectivity index (χ0n) is 15.8. The van der Waals surface area contributed by atoms with Crippen LogP contribution in [0, 0.1) is 12.7 Å². The predicted octanol–water partition coefficient (Wildman–Crippen LogP) is 4.84. The highest BCUT2D eigenvalue weighted by Gasteiger charge is 2.33. The lowest BCUT2D eigenvalue weighted by Crippen LogP contribution is -2.14. The molecular formula is C22H18FNO4S. The summed E-state index contributed by atoms with van der Waals surface area (Å²) in [7, 11) is 0. The number of rotatable bonds is 4. The third-order valence-electron chi connectivity index (χ3n) is 4.04. The van der Waals surface area contributed by atoms with Gasteiger partial charge in [0.1, 0.15) is 22.2 Å². The number of aliphatic imine (C=N–C) groups is 1. The van der Waals surface area contributed by atoms with Crippen LogP contribution in [0.1, 0.15) is 28.4 Å². The first-order valence-electron chi connectivity index (χ1n) is 8.85. The molecule has 0 unspecified atom stereocenters. The minimum absolute atomic E-state index is 0.0555. The summed E-state index contributed by atoms with van der Waals surface area (Å²) in [5, 5.41) is 10.6. The topological polar surface area (TPSA) is 76.0 Å². The van der Waals surface area contributed by atoms with E-state index < -0.39 is 11.9 Å². The Balaban J connectivity index is 1.99. The van der Waals surface area contributed by atoms with E-state index in [0.717, 1.165) is 17.3 Å². The maximum atomic E-state index is 13.1. The van der Waals surface area contributed by atoms with Gasteiger partial charge in [0.05, 0.1) is 11.5 Å². The summed E-state index contributed by atoms with van der Waals surface area (Å²) in [6.45, 7) is 3.65. The summed E-state index contributed by atoms with van der Waals surface area (Å²) in [6.07, 6.45) is 1.58. The van der Waals surface area contributed by atoms with E-state index in [2.05, 4.69) is 4.99 Å². The lowest BCUT2D eigenvalue weighted by molar-refractivity contribution is -0.138. The molecule has 148 valence electrons. The molecule has 0 spiro atoms. The predicted molar refractivity (Wildman–Crippen MR) is 111 cm³/mol. The van der Waals surface area contributed by atoms with E-state index in [-0.39, 0.29) is 28.8 Å². The van der Waals surface area contributed by atoms with Gasteiger partial charge < -0.3 is 9.84 Å². The van der Waals surface area contributed by atoms with Gasteiger partial charge in [0.15, 0.2) is 0 Å². The third kappa shape index (κ3) is 4.81. The Hall–Kier alpha value is -3.19. The second kappa shape index (κ2) is 8.87. The highest BCUT2D eigenvalue weighted by Crippen LogP contribution is 2.39. The minimum atomic E-state index is -0.768. The summed E-state index contributed by atoms with van der Waals surface area (Å²) >= 11 is 0.978. The molecule has 1 aliphatic rings. The number of aliphatic hydroxyl groups excluding tert-OH is 1. The molecule has 7 heteroatoms. The van der Waals surface area contributed by atoms with E-state index >= 15 is 0 Å². The lowest BCUT2D eigenvalue weighted by Gasteiger charge is -2.03. The van der Waals surface area contributed by atoms with Gasteiger partial charge in [-0.2, -0.15) is 0 Å². The van der Waals surface area contributed by atoms with Crippen LogP contribution in [0.5, 0.6) is 0 Å². The largest absolute Gasteiger partial charge is 0.506 e. The number of aliphatic hydroxyl groups is 1. The number of nitrogens with zero attached hydrogens (tertiary/aromatic N) is 1. The van der Waals surface area contributed by atoms with Gasteiger partial charge in [0.2, 0.25) is 0 Å². The van der Waals surface area contributed by atoms with Crippen LogP contribution < -0.4 is 0 Å². The molecule has 0 atom stereocenters. The van der Waals surface area contributed by atoms with Gasteiger partial charge in [-0.05, 0) is 49.8 Å². The highest BCUT2D eigenvalue weighted by atomic mass is 32.2. The van der Waals surface area contributed by atoms with Gasteiger partial charge in [-0.1, -0.05) is 41.6 Å². The van der Waals surface area contributed by atoms with Gasteiger partial charge in [0.25, 0.3) is 5.91 Å². The molecule has 2 aromatic carbocycles. The number of benzene rings is 2. The number of ether oxygens (including phenoxy) is 1. The van der Waals surface area contributed by atoms with E-state index in [0.29, 0.717) is 16.0 Å². The monoisotopic (exact) mass is 411 g/mol. The van der Waals surface area contributed by atoms with Crippen molar-refractivity contribution in [3.8, 4) is 0 Å². The Labute approximate surface area is 171 Å². The number of hydrogen-bond acceptors (Lipinski definition) is 5. The SMILES string of the molecule is CCOC(=O)C1=C(O)/C(=C/c2ccc(F)cc2)SC1=NC(=O)c1ccc(C)cc1. The molecule has 0 saturated carbocycles. The number of amides is 1. The lowest BCUT2D eigenvalue weighted by atomic mass is 10.1. The maximum absolute atomic E-state index is 13.1. The van der Waals surface area contributed by atoms with Crippen molar-refractivity contribution in [2.45, 2.75) is 13.8 Å². The van der Waals surface area contributed by atoms with Crippen molar-refractivity contribution >= 4 is 34.8 Å². The number of halogens is 1. The van der Waals surface area contributed by atoms with Crippen molar-refractivity contribution in [2.75, 3.05) is 6.61 Å². The summed E-state index contributed by atoms with van der Waals surface area (Å²) in [5.74, 6) is -2.02. The zero-order chi connectivity index (χ0) is 21.0.